The number of rotatable bonds is 6. The average Bonchev–Trinajstić information content (AvgIpc) is 2.82. The van der Waals surface area contributed by atoms with Crippen LogP contribution in [0.25, 0.3) is 0 Å². The number of nitrogens with one attached hydrogen (secondary N) is 1. The summed E-state index contributed by atoms with van der Waals surface area (Å²) < 4.78 is 5.47. The van der Waals surface area contributed by atoms with Crippen molar-refractivity contribution in [1.82, 2.24) is 10.2 Å². The van der Waals surface area contributed by atoms with E-state index in [1.54, 1.807) is 6.26 Å². The number of hydrogen-bond acceptors (Lipinski definition) is 3. The molecule has 94 valence electrons. The molecule has 1 N–H and O–H groups in total. The second kappa shape index (κ2) is 5.23. The van der Waals surface area contributed by atoms with Gasteiger partial charge < -0.3 is 9.73 Å². The summed E-state index contributed by atoms with van der Waals surface area (Å²) in [6.45, 7) is 4.60. The molecule has 1 saturated carbocycles. The van der Waals surface area contributed by atoms with Gasteiger partial charge in [0.05, 0.1) is 12.8 Å². The lowest BCUT2D eigenvalue weighted by Gasteiger charge is -2.24. The van der Waals surface area contributed by atoms with Gasteiger partial charge in [0.15, 0.2) is 0 Å². The molecule has 0 amide bonds. The fourth-order valence-corrected chi connectivity index (χ4v) is 2.72. The van der Waals surface area contributed by atoms with Crippen LogP contribution >= 0.6 is 0 Å². The van der Waals surface area contributed by atoms with E-state index in [2.05, 4.69) is 16.3 Å². The zero-order chi connectivity index (χ0) is 11.5. The van der Waals surface area contributed by atoms with Crippen LogP contribution in [0, 0.1) is 5.92 Å². The Labute approximate surface area is 103 Å². The monoisotopic (exact) mass is 234 g/mol. The van der Waals surface area contributed by atoms with Crippen molar-refractivity contribution in [2.75, 3.05) is 19.6 Å². The predicted molar refractivity (Wildman–Crippen MR) is 67.7 cm³/mol. The van der Waals surface area contributed by atoms with Crippen LogP contribution in [-0.2, 0) is 6.54 Å². The minimum Gasteiger partial charge on any atom is -0.468 e. The van der Waals surface area contributed by atoms with Crippen molar-refractivity contribution >= 4 is 0 Å². The zero-order valence-corrected chi connectivity index (χ0v) is 10.4. The largest absolute Gasteiger partial charge is 0.468 e. The van der Waals surface area contributed by atoms with Crippen LogP contribution in [0.5, 0.6) is 0 Å². The third-order valence-electron chi connectivity index (χ3n) is 3.81. The summed E-state index contributed by atoms with van der Waals surface area (Å²) >= 11 is 0. The summed E-state index contributed by atoms with van der Waals surface area (Å²) in [4.78, 5) is 2.57. The van der Waals surface area contributed by atoms with E-state index < -0.39 is 0 Å². The van der Waals surface area contributed by atoms with Crippen molar-refractivity contribution in [2.24, 2.45) is 5.92 Å². The maximum Gasteiger partial charge on any atom is 0.117 e. The smallest absolute Gasteiger partial charge is 0.117 e. The first kappa shape index (κ1) is 11.3. The van der Waals surface area contributed by atoms with Crippen LogP contribution in [0.1, 0.15) is 31.4 Å². The number of nitrogens with zero attached hydrogens (tertiary/aromatic N) is 1. The summed E-state index contributed by atoms with van der Waals surface area (Å²) in [5, 5.41) is 3.59. The van der Waals surface area contributed by atoms with Crippen molar-refractivity contribution in [3.8, 4) is 0 Å². The Morgan fingerprint density at radius 3 is 2.88 bits per heavy atom. The molecule has 1 aliphatic carbocycles. The molecule has 3 rings (SSSR count). The lowest BCUT2D eigenvalue weighted by atomic mass is 10.2. The van der Waals surface area contributed by atoms with Gasteiger partial charge in [-0.2, -0.15) is 0 Å². The van der Waals surface area contributed by atoms with Gasteiger partial charge in [0.2, 0.25) is 0 Å². The molecule has 3 heteroatoms. The third kappa shape index (κ3) is 3.33. The molecule has 1 aromatic rings. The van der Waals surface area contributed by atoms with Crippen LogP contribution in [0.15, 0.2) is 22.8 Å². The van der Waals surface area contributed by atoms with Crippen molar-refractivity contribution in [1.29, 1.82) is 0 Å². The molecule has 3 nitrogen and oxygen atoms in total. The van der Waals surface area contributed by atoms with Crippen LogP contribution in [0.2, 0.25) is 0 Å². The maximum absolute atomic E-state index is 5.47. The van der Waals surface area contributed by atoms with E-state index in [0.29, 0.717) is 6.04 Å². The van der Waals surface area contributed by atoms with Crippen molar-refractivity contribution in [2.45, 2.75) is 38.3 Å². The molecule has 2 aliphatic rings. The Kier molecular flexibility index (Phi) is 3.48. The van der Waals surface area contributed by atoms with Gasteiger partial charge in [-0.1, -0.05) is 0 Å². The average molecular weight is 234 g/mol. The number of hydrogen-bond donors (Lipinski definition) is 1. The Bertz CT molecular complexity index is 326. The van der Waals surface area contributed by atoms with Crippen molar-refractivity contribution < 1.29 is 4.42 Å². The SMILES string of the molecule is c1coc(CN(CC2CC2)CC2CCCN2)c1. The van der Waals surface area contributed by atoms with E-state index >= 15 is 0 Å². The molecule has 2 heterocycles. The molecule has 1 aliphatic heterocycles. The molecule has 2 fully saturated rings. The maximum atomic E-state index is 5.47. The summed E-state index contributed by atoms with van der Waals surface area (Å²) in [5.41, 5.74) is 0. The summed E-state index contributed by atoms with van der Waals surface area (Å²) in [6.07, 6.45) is 7.29. The van der Waals surface area contributed by atoms with Gasteiger partial charge >= 0.3 is 0 Å². The second-order valence-electron chi connectivity index (χ2n) is 5.51. The zero-order valence-electron chi connectivity index (χ0n) is 10.4. The molecule has 0 spiro atoms. The van der Waals surface area contributed by atoms with Crippen LogP contribution in [-0.4, -0.2) is 30.6 Å². The highest BCUT2D eigenvalue weighted by Crippen LogP contribution is 2.30. The Morgan fingerprint density at radius 2 is 2.24 bits per heavy atom. The van der Waals surface area contributed by atoms with E-state index in [9.17, 15) is 0 Å². The van der Waals surface area contributed by atoms with Crippen molar-refractivity contribution in [3.05, 3.63) is 24.2 Å². The standard InChI is InChI=1S/C14H22N2O/c1-3-13(15-7-1)10-16(9-12-5-6-12)11-14-4-2-8-17-14/h2,4,8,12-13,15H,1,3,5-7,9-11H2. The highest BCUT2D eigenvalue weighted by molar-refractivity contribution is 4.98. The van der Waals surface area contributed by atoms with E-state index in [1.165, 1.54) is 45.3 Å². The molecule has 1 atom stereocenters. The summed E-state index contributed by atoms with van der Waals surface area (Å²) in [5.74, 6) is 2.05. The van der Waals surface area contributed by atoms with Gasteiger partial charge in [0.1, 0.15) is 5.76 Å². The molecule has 0 bridgehead atoms. The van der Waals surface area contributed by atoms with Gasteiger partial charge in [0.25, 0.3) is 0 Å². The predicted octanol–water partition coefficient (Wildman–Crippen LogP) is 2.24. The topological polar surface area (TPSA) is 28.4 Å². The summed E-state index contributed by atoms with van der Waals surface area (Å²) in [6, 6.07) is 4.77. The van der Waals surface area contributed by atoms with Gasteiger partial charge in [-0.05, 0) is 50.3 Å². The molecule has 1 unspecified atom stereocenters. The molecule has 17 heavy (non-hydrogen) atoms. The van der Waals surface area contributed by atoms with Gasteiger partial charge in [0, 0.05) is 19.1 Å². The van der Waals surface area contributed by atoms with Crippen LogP contribution < -0.4 is 5.32 Å². The molecule has 0 aromatic carbocycles. The second-order valence-corrected chi connectivity index (χ2v) is 5.51. The van der Waals surface area contributed by atoms with Gasteiger partial charge in [-0.25, -0.2) is 0 Å². The van der Waals surface area contributed by atoms with E-state index in [4.69, 9.17) is 4.42 Å². The Balaban J connectivity index is 1.55. The fraction of sp³-hybridized carbons (Fsp3) is 0.714. The van der Waals surface area contributed by atoms with Gasteiger partial charge in [-0.3, -0.25) is 4.90 Å². The van der Waals surface area contributed by atoms with Crippen LogP contribution in [0.4, 0.5) is 0 Å². The lowest BCUT2D eigenvalue weighted by Crippen LogP contribution is -2.38. The molecule has 1 saturated heterocycles. The third-order valence-corrected chi connectivity index (χ3v) is 3.81. The van der Waals surface area contributed by atoms with Crippen LogP contribution in [0.3, 0.4) is 0 Å². The van der Waals surface area contributed by atoms with E-state index in [0.717, 1.165) is 18.2 Å². The van der Waals surface area contributed by atoms with Crippen molar-refractivity contribution in [3.63, 3.8) is 0 Å². The first-order valence-electron chi connectivity index (χ1n) is 6.88. The normalized spacial score (nSPS) is 24.6. The van der Waals surface area contributed by atoms with E-state index in [1.807, 2.05) is 6.07 Å². The highest BCUT2D eigenvalue weighted by atomic mass is 16.3. The lowest BCUT2D eigenvalue weighted by molar-refractivity contribution is 0.215. The van der Waals surface area contributed by atoms with E-state index in [-0.39, 0.29) is 0 Å². The number of furan rings is 1. The fourth-order valence-electron chi connectivity index (χ4n) is 2.72. The molecule has 1 aromatic heterocycles. The minimum atomic E-state index is 0.698. The first-order valence-corrected chi connectivity index (χ1v) is 6.88. The first-order chi connectivity index (χ1) is 8.40. The van der Waals surface area contributed by atoms with Gasteiger partial charge in [-0.15, -0.1) is 0 Å². The Hall–Kier alpha value is -0.800. The molecule has 0 radical (unpaired) electrons. The Morgan fingerprint density at radius 1 is 1.29 bits per heavy atom. The molecular weight excluding hydrogens is 212 g/mol. The highest BCUT2D eigenvalue weighted by Gasteiger charge is 2.26. The quantitative estimate of drug-likeness (QED) is 0.818. The summed E-state index contributed by atoms with van der Waals surface area (Å²) in [7, 11) is 0. The molecular formula is C14H22N2O. The minimum absolute atomic E-state index is 0.698.